The van der Waals surface area contributed by atoms with E-state index in [9.17, 15) is 4.79 Å². The van der Waals surface area contributed by atoms with E-state index in [2.05, 4.69) is 15.0 Å². The van der Waals surface area contributed by atoms with Crippen molar-refractivity contribution in [1.82, 2.24) is 19.7 Å². The van der Waals surface area contributed by atoms with Gasteiger partial charge >= 0.3 is 5.97 Å². The van der Waals surface area contributed by atoms with Crippen molar-refractivity contribution in [1.29, 1.82) is 0 Å². The third kappa shape index (κ3) is 2.78. The Balaban J connectivity index is 1.60. The maximum Gasteiger partial charge on any atom is 0.323 e. The summed E-state index contributed by atoms with van der Waals surface area (Å²) in [5.41, 5.74) is 0. The summed E-state index contributed by atoms with van der Waals surface area (Å²) >= 11 is 0. The number of aromatic nitrogens is 3. The molecule has 1 aromatic rings. The van der Waals surface area contributed by atoms with Crippen molar-refractivity contribution in [3.05, 3.63) is 12.7 Å². The van der Waals surface area contributed by atoms with Gasteiger partial charge < -0.3 is 4.74 Å². The zero-order valence-electron chi connectivity index (χ0n) is 11.2. The predicted octanol–water partition coefficient (Wildman–Crippen LogP) is 0.694. The summed E-state index contributed by atoms with van der Waals surface area (Å²) < 4.78 is 7.14. The second-order valence-corrected chi connectivity index (χ2v) is 5.62. The van der Waals surface area contributed by atoms with Crippen molar-refractivity contribution in [2.45, 2.75) is 44.9 Å². The van der Waals surface area contributed by atoms with Crippen LogP contribution in [0.5, 0.6) is 0 Å². The van der Waals surface area contributed by atoms with Gasteiger partial charge in [-0.1, -0.05) is 0 Å². The zero-order chi connectivity index (χ0) is 13.2. The SMILES string of the molecule is C[C@@H]1C[C@@H](N2CCC[C@H](Cn3cncn3)C2)C(=O)O1. The predicted molar refractivity (Wildman–Crippen MR) is 68.3 cm³/mol. The molecule has 0 aliphatic carbocycles. The monoisotopic (exact) mass is 264 g/mol. The Hall–Kier alpha value is -1.43. The van der Waals surface area contributed by atoms with Crippen molar-refractivity contribution >= 4 is 5.97 Å². The van der Waals surface area contributed by atoms with Gasteiger partial charge in [0.25, 0.3) is 0 Å². The summed E-state index contributed by atoms with van der Waals surface area (Å²) in [6.45, 7) is 4.80. The molecule has 0 saturated carbocycles. The van der Waals surface area contributed by atoms with Crippen LogP contribution in [-0.2, 0) is 16.1 Å². The van der Waals surface area contributed by atoms with E-state index >= 15 is 0 Å². The topological polar surface area (TPSA) is 60.2 Å². The molecule has 6 heteroatoms. The van der Waals surface area contributed by atoms with Gasteiger partial charge in [0.2, 0.25) is 0 Å². The average Bonchev–Trinajstić information content (AvgIpc) is 2.99. The molecule has 2 saturated heterocycles. The fourth-order valence-corrected chi connectivity index (χ4v) is 3.15. The number of esters is 1. The Morgan fingerprint density at radius 2 is 2.42 bits per heavy atom. The number of rotatable bonds is 3. The van der Waals surface area contributed by atoms with Gasteiger partial charge in [0.05, 0.1) is 0 Å². The second-order valence-electron chi connectivity index (χ2n) is 5.62. The van der Waals surface area contributed by atoms with Crippen molar-refractivity contribution < 1.29 is 9.53 Å². The zero-order valence-corrected chi connectivity index (χ0v) is 11.2. The summed E-state index contributed by atoms with van der Waals surface area (Å²) in [5.74, 6) is 0.494. The lowest BCUT2D eigenvalue weighted by molar-refractivity contribution is -0.145. The van der Waals surface area contributed by atoms with E-state index in [0.29, 0.717) is 5.92 Å². The Bertz CT molecular complexity index is 434. The van der Waals surface area contributed by atoms with Crippen LogP contribution in [0.15, 0.2) is 12.7 Å². The average molecular weight is 264 g/mol. The number of hydrogen-bond donors (Lipinski definition) is 0. The molecule has 2 aliphatic heterocycles. The van der Waals surface area contributed by atoms with Crippen LogP contribution in [0, 0.1) is 5.92 Å². The molecule has 19 heavy (non-hydrogen) atoms. The van der Waals surface area contributed by atoms with Gasteiger partial charge in [-0.15, -0.1) is 0 Å². The highest BCUT2D eigenvalue weighted by Gasteiger charge is 2.38. The van der Waals surface area contributed by atoms with E-state index in [1.807, 2.05) is 11.6 Å². The number of carbonyl (C=O) groups is 1. The molecule has 3 rings (SSSR count). The van der Waals surface area contributed by atoms with Gasteiger partial charge in [-0.2, -0.15) is 5.10 Å². The smallest absolute Gasteiger partial charge is 0.323 e. The molecule has 6 nitrogen and oxygen atoms in total. The number of hydrogen-bond acceptors (Lipinski definition) is 5. The standard InChI is InChI=1S/C13H20N4O2/c1-10-5-12(13(18)19-10)16-4-2-3-11(6-16)7-17-9-14-8-15-17/h8-12H,2-7H2,1H3/t10-,11+,12-/m1/s1. The molecule has 0 bridgehead atoms. The Labute approximate surface area is 112 Å². The summed E-state index contributed by atoms with van der Waals surface area (Å²) in [6, 6.07) is -0.0338. The first kappa shape index (κ1) is 12.6. The van der Waals surface area contributed by atoms with Crippen molar-refractivity contribution in [3.8, 4) is 0 Å². The van der Waals surface area contributed by atoms with E-state index in [1.165, 1.54) is 6.42 Å². The highest BCUT2D eigenvalue weighted by atomic mass is 16.6. The van der Waals surface area contributed by atoms with Gasteiger partial charge in [0, 0.05) is 19.5 Å². The fourth-order valence-electron chi connectivity index (χ4n) is 3.15. The lowest BCUT2D eigenvalue weighted by Crippen LogP contribution is -2.45. The molecule has 0 spiro atoms. The molecule has 1 aromatic heterocycles. The minimum atomic E-state index is -0.0473. The van der Waals surface area contributed by atoms with Crippen LogP contribution >= 0.6 is 0 Å². The van der Waals surface area contributed by atoms with Crippen LogP contribution < -0.4 is 0 Å². The van der Waals surface area contributed by atoms with Crippen molar-refractivity contribution in [3.63, 3.8) is 0 Å². The van der Waals surface area contributed by atoms with E-state index in [1.54, 1.807) is 12.7 Å². The Kier molecular flexibility index (Phi) is 3.50. The molecule has 0 N–H and O–H groups in total. The van der Waals surface area contributed by atoms with Crippen LogP contribution in [0.1, 0.15) is 26.2 Å². The minimum absolute atomic E-state index is 0.0338. The molecular formula is C13H20N4O2. The van der Waals surface area contributed by atoms with E-state index in [0.717, 1.165) is 32.5 Å². The van der Waals surface area contributed by atoms with Crippen LogP contribution in [0.4, 0.5) is 0 Å². The Morgan fingerprint density at radius 1 is 1.53 bits per heavy atom. The molecule has 0 amide bonds. The third-order valence-electron chi connectivity index (χ3n) is 4.05. The summed E-state index contributed by atoms with van der Waals surface area (Å²) in [6.07, 6.45) is 6.54. The van der Waals surface area contributed by atoms with Gasteiger partial charge in [0.15, 0.2) is 0 Å². The van der Waals surface area contributed by atoms with Crippen LogP contribution in [0.2, 0.25) is 0 Å². The highest BCUT2D eigenvalue weighted by molar-refractivity contribution is 5.78. The second kappa shape index (κ2) is 5.28. The van der Waals surface area contributed by atoms with Gasteiger partial charge in [-0.05, 0) is 32.2 Å². The van der Waals surface area contributed by atoms with Gasteiger partial charge in [-0.3, -0.25) is 14.4 Å². The van der Waals surface area contributed by atoms with E-state index in [4.69, 9.17) is 4.74 Å². The lowest BCUT2D eigenvalue weighted by Gasteiger charge is -2.34. The number of nitrogens with zero attached hydrogens (tertiary/aromatic N) is 4. The number of cyclic esters (lactones) is 1. The molecular weight excluding hydrogens is 244 g/mol. The maximum atomic E-state index is 11.8. The third-order valence-corrected chi connectivity index (χ3v) is 4.05. The normalized spacial score (nSPS) is 32.5. The molecule has 0 unspecified atom stereocenters. The summed E-state index contributed by atoms with van der Waals surface area (Å²) in [5, 5.41) is 4.16. The number of ether oxygens (including phenoxy) is 1. The fraction of sp³-hybridized carbons (Fsp3) is 0.769. The van der Waals surface area contributed by atoms with E-state index in [-0.39, 0.29) is 18.1 Å². The first-order chi connectivity index (χ1) is 9.22. The molecule has 3 atom stereocenters. The highest BCUT2D eigenvalue weighted by Crippen LogP contribution is 2.26. The lowest BCUT2D eigenvalue weighted by atomic mass is 9.96. The molecule has 104 valence electrons. The van der Waals surface area contributed by atoms with E-state index < -0.39 is 0 Å². The summed E-state index contributed by atoms with van der Waals surface area (Å²) in [4.78, 5) is 18.1. The maximum absolute atomic E-state index is 11.8. The molecule has 0 aromatic carbocycles. The molecule has 3 heterocycles. The van der Waals surface area contributed by atoms with Crippen LogP contribution in [-0.4, -0.2) is 50.9 Å². The number of carbonyl (C=O) groups excluding carboxylic acids is 1. The van der Waals surface area contributed by atoms with Crippen LogP contribution in [0.3, 0.4) is 0 Å². The van der Waals surface area contributed by atoms with Crippen LogP contribution in [0.25, 0.3) is 0 Å². The number of likely N-dealkylation sites (tertiary alicyclic amines) is 1. The van der Waals surface area contributed by atoms with Gasteiger partial charge in [-0.25, -0.2) is 4.98 Å². The van der Waals surface area contributed by atoms with Crippen molar-refractivity contribution in [2.24, 2.45) is 5.92 Å². The molecule has 2 aliphatic rings. The molecule has 2 fully saturated rings. The molecule has 0 radical (unpaired) electrons. The van der Waals surface area contributed by atoms with Crippen molar-refractivity contribution in [2.75, 3.05) is 13.1 Å². The quantitative estimate of drug-likeness (QED) is 0.752. The largest absolute Gasteiger partial charge is 0.461 e. The first-order valence-corrected chi connectivity index (χ1v) is 6.99. The summed E-state index contributed by atoms with van der Waals surface area (Å²) in [7, 11) is 0. The minimum Gasteiger partial charge on any atom is -0.461 e. The number of piperidine rings is 1. The van der Waals surface area contributed by atoms with Gasteiger partial charge in [0.1, 0.15) is 24.8 Å². The first-order valence-electron chi connectivity index (χ1n) is 6.99. The Morgan fingerprint density at radius 3 is 3.11 bits per heavy atom.